The normalized spacial score (nSPS) is 16.2. The number of pyridine rings is 1. The lowest BCUT2D eigenvalue weighted by Gasteiger charge is -2.31. The van der Waals surface area contributed by atoms with Crippen LogP contribution in [0.2, 0.25) is 0 Å². The topological polar surface area (TPSA) is 86.8 Å². The number of aryl methyl sites for hydroxylation is 1. The van der Waals surface area contributed by atoms with Crippen LogP contribution >= 0.6 is 0 Å². The van der Waals surface area contributed by atoms with E-state index < -0.39 is 0 Å². The largest absolute Gasteiger partial charge is 0.493 e. The number of carbonyl (C=O) groups excluding carboxylic acids is 1. The van der Waals surface area contributed by atoms with Crippen molar-refractivity contribution in [2.45, 2.75) is 18.8 Å². The van der Waals surface area contributed by atoms with E-state index in [9.17, 15) is 4.79 Å². The van der Waals surface area contributed by atoms with Crippen LogP contribution in [-0.2, 0) is 7.05 Å². The molecule has 0 aliphatic carbocycles. The molecular formula is C24H26N6O3. The van der Waals surface area contributed by atoms with Crippen molar-refractivity contribution in [3.05, 3.63) is 60.3 Å². The van der Waals surface area contributed by atoms with E-state index in [0.717, 1.165) is 42.0 Å². The Morgan fingerprint density at radius 1 is 1.12 bits per heavy atom. The van der Waals surface area contributed by atoms with Crippen LogP contribution in [0, 0.1) is 0 Å². The summed E-state index contributed by atoms with van der Waals surface area (Å²) in [6.45, 7) is 1.32. The molecule has 0 N–H and O–H groups in total. The number of hydrogen-bond acceptors (Lipinski definition) is 6. The summed E-state index contributed by atoms with van der Waals surface area (Å²) in [5, 5.41) is 8.89. The van der Waals surface area contributed by atoms with Crippen molar-refractivity contribution in [3.63, 3.8) is 0 Å². The molecule has 3 aromatic heterocycles. The smallest absolute Gasteiger partial charge is 0.272 e. The molecule has 1 amide bonds. The zero-order valence-corrected chi connectivity index (χ0v) is 18.9. The Bertz CT molecular complexity index is 1310. The molecular weight excluding hydrogens is 420 g/mol. The highest BCUT2D eigenvalue weighted by molar-refractivity contribution is 5.92. The first kappa shape index (κ1) is 21.0. The van der Waals surface area contributed by atoms with Crippen LogP contribution in [0.4, 0.5) is 0 Å². The summed E-state index contributed by atoms with van der Waals surface area (Å²) in [7, 11) is 5.04. The van der Waals surface area contributed by atoms with E-state index in [1.165, 1.54) is 0 Å². The molecule has 33 heavy (non-hydrogen) atoms. The summed E-state index contributed by atoms with van der Waals surface area (Å²) in [6, 6.07) is 11.5. The number of amides is 1. The highest BCUT2D eigenvalue weighted by atomic mass is 16.5. The molecule has 1 aromatic carbocycles. The van der Waals surface area contributed by atoms with Gasteiger partial charge in [0.05, 0.1) is 14.2 Å². The Balaban J connectivity index is 1.42. The maximum Gasteiger partial charge on any atom is 0.272 e. The van der Waals surface area contributed by atoms with Gasteiger partial charge in [0.1, 0.15) is 5.69 Å². The number of hydrogen-bond donors (Lipinski definition) is 0. The minimum absolute atomic E-state index is 0.00382. The maximum absolute atomic E-state index is 12.9. The Kier molecular flexibility index (Phi) is 5.45. The second-order valence-electron chi connectivity index (χ2n) is 8.16. The minimum atomic E-state index is -0.00382. The van der Waals surface area contributed by atoms with E-state index in [4.69, 9.17) is 19.6 Å². The van der Waals surface area contributed by atoms with Gasteiger partial charge >= 0.3 is 0 Å². The molecule has 4 heterocycles. The van der Waals surface area contributed by atoms with E-state index in [2.05, 4.69) is 5.10 Å². The van der Waals surface area contributed by atoms with E-state index in [1.54, 1.807) is 42.7 Å². The first-order chi connectivity index (χ1) is 16.1. The maximum atomic E-state index is 12.9. The van der Waals surface area contributed by atoms with Crippen molar-refractivity contribution in [2.24, 2.45) is 7.05 Å². The number of ether oxygens (including phenoxy) is 2. The lowest BCUT2D eigenvalue weighted by molar-refractivity contribution is 0.0693. The fraction of sp³-hybridized carbons (Fsp3) is 0.333. The second kappa shape index (κ2) is 8.57. The van der Waals surface area contributed by atoms with Gasteiger partial charge in [-0.05, 0) is 37.1 Å². The van der Waals surface area contributed by atoms with Crippen LogP contribution in [-0.4, -0.2) is 62.5 Å². The van der Waals surface area contributed by atoms with Crippen molar-refractivity contribution >= 4 is 11.6 Å². The number of rotatable bonds is 5. The highest BCUT2D eigenvalue weighted by Crippen LogP contribution is 2.37. The molecule has 0 bridgehead atoms. The summed E-state index contributed by atoms with van der Waals surface area (Å²) in [4.78, 5) is 19.6. The SMILES string of the molecule is COc1cccc(-c2ccc3nc(C4CCCN(C(=O)c5ccnn5C)C4)nn3c2)c1OC. The van der Waals surface area contributed by atoms with Gasteiger partial charge in [0.25, 0.3) is 5.91 Å². The fourth-order valence-corrected chi connectivity index (χ4v) is 4.47. The molecule has 1 aliphatic rings. The van der Waals surface area contributed by atoms with Gasteiger partial charge in [-0.15, -0.1) is 0 Å². The predicted octanol–water partition coefficient (Wildman–Crippen LogP) is 3.17. The lowest BCUT2D eigenvalue weighted by atomic mass is 9.97. The molecule has 5 rings (SSSR count). The molecule has 0 saturated carbocycles. The molecule has 4 aromatic rings. The molecule has 1 unspecified atom stereocenters. The van der Waals surface area contributed by atoms with E-state index >= 15 is 0 Å². The minimum Gasteiger partial charge on any atom is -0.493 e. The Morgan fingerprint density at radius 2 is 2.00 bits per heavy atom. The summed E-state index contributed by atoms with van der Waals surface area (Å²) < 4.78 is 14.4. The lowest BCUT2D eigenvalue weighted by Crippen LogP contribution is -2.40. The van der Waals surface area contributed by atoms with Gasteiger partial charge in [0.15, 0.2) is 23.0 Å². The van der Waals surface area contributed by atoms with Crippen molar-refractivity contribution < 1.29 is 14.3 Å². The summed E-state index contributed by atoms with van der Waals surface area (Å²) in [5.74, 6) is 2.19. The number of likely N-dealkylation sites (tertiary alicyclic amines) is 1. The van der Waals surface area contributed by atoms with Gasteiger partial charge in [0.2, 0.25) is 0 Å². The molecule has 1 atom stereocenters. The Morgan fingerprint density at radius 3 is 2.76 bits per heavy atom. The molecule has 1 fully saturated rings. The molecule has 1 saturated heterocycles. The molecule has 9 nitrogen and oxygen atoms in total. The Labute approximate surface area is 191 Å². The molecule has 0 radical (unpaired) electrons. The molecule has 1 aliphatic heterocycles. The monoisotopic (exact) mass is 446 g/mol. The number of methoxy groups -OCH3 is 2. The van der Waals surface area contributed by atoms with Gasteiger partial charge < -0.3 is 14.4 Å². The zero-order chi connectivity index (χ0) is 22.9. The van der Waals surface area contributed by atoms with E-state index in [-0.39, 0.29) is 11.8 Å². The molecule has 0 spiro atoms. The summed E-state index contributed by atoms with van der Waals surface area (Å²) in [5.41, 5.74) is 3.23. The first-order valence-electron chi connectivity index (χ1n) is 10.9. The first-order valence-corrected chi connectivity index (χ1v) is 10.9. The van der Waals surface area contributed by atoms with Crippen LogP contribution in [0.15, 0.2) is 48.8 Å². The fourth-order valence-electron chi connectivity index (χ4n) is 4.47. The van der Waals surface area contributed by atoms with E-state index in [1.807, 2.05) is 41.4 Å². The van der Waals surface area contributed by atoms with Gasteiger partial charge in [0, 0.05) is 49.6 Å². The summed E-state index contributed by atoms with van der Waals surface area (Å²) >= 11 is 0. The highest BCUT2D eigenvalue weighted by Gasteiger charge is 2.29. The summed E-state index contributed by atoms with van der Waals surface area (Å²) in [6.07, 6.45) is 5.45. The van der Waals surface area contributed by atoms with Crippen molar-refractivity contribution in [2.75, 3.05) is 27.3 Å². The molecule has 170 valence electrons. The third-order valence-electron chi connectivity index (χ3n) is 6.18. The third kappa shape index (κ3) is 3.79. The van der Waals surface area contributed by atoms with Crippen LogP contribution in [0.1, 0.15) is 35.1 Å². The number of para-hydroxylation sites is 1. The van der Waals surface area contributed by atoms with Crippen molar-refractivity contribution in [1.29, 1.82) is 0 Å². The number of nitrogens with zero attached hydrogens (tertiary/aromatic N) is 6. The number of aromatic nitrogens is 5. The predicted molar refractivity (Wildman–Crippen MR) is 123 cm³/mol. The van der Waals surface area contributed by atoms with Crippen LogP contribution < -0.4 is 9.47 Å². The van der Waals surface area contributed by atoms with Crippen molar-refractivity contribution in [3.8, 4) is 22.6 Å². The molecule has 9 heteroatoms. The Hall–Kier alpha value is -3.88. The van der Waals surface area contributed by atoms with Gasteiger partial charge in [-0.3, -0.25) is 9.48 Å². The third-order valence-corrected chi connectivity index (χ3v) is 6.18. The average Bonchev–Trinajstić information content (AvgIpc) is 3.48. The number of benzene rings is 1. The van der Waals surface area contributed by atoms with Gasteiger partial charge in [-0.2, -0.15) is 10.2 Å². The van der Waals surface area contributed by atoms with E-state index in [0.29, 0.717) is 23.7 Å². The van der Waals surface area contributed by atoms with Crippen LogP contribution in [0.5, 0.6) is 11.5 Å². The quantitative estimate of drug-likeness (QED) is 0.468. The van der Waals surface area contributed by atoms with Crippen LogP contribution in [0.25, 0.3) is 16.8 Å². The second-order valence-corrected chi connectivity index (χ2v) is 8.16. The average molecular weight is 447 g/mol. The van der Waals surface area contributed by atoms with Crippen LogP contribution in [0.3, 0.4) is 0 Å². The number of piperidine rings is 1. The van der Waals surface area contributed by atoms with Gasteiger partial charge in [-0.25, -0.2) is 9.50 Å². The number of carbonyl (C=O) groups is 1. The number of fused-ring (bicyclic) bond motifs is 1. The zero-order valence-electron chi connectivity index (χ0n) is 18.9. The van der Waals surface area contributed by atoms with Crippen molar-refractivity contribution in [1.82, 2.24) is 29.3 Å². The standard InChI is InChI=1S/C24H26N6O3/c1-28-19(11-12-25-28)24(31)29-13-5-6-17(14-29)23-26-21-10-9-16(15-30(21)27-23)18-7-4-8-20(32-2)22(18)33-3/h4,7-12,15,17H,5-6,13-14H2,1-3H3. The van der Waals surface area contributed by atoms with Gasteiger partial charge in [-0.1, -0.05) is 12.1 Å².